The molecule has 1 saturated carbocycles. The molecule has 4 atom stereocenters. The van der Waals surface area contributed by atoms with E-state index < -0.39 is 24.1 Å². The van der Waals surface area contributed by atoms with Crippen LogP contribution in [0.5, 0.6) is 0 Å². The number of Topliss-reactive ketones (excluding diaryl/α,β-unsaturated/α-hetero) is 1. The number of fused-ring (bicyclic) bond motifs is 1. The minimum absolute atomic E-state index is 0.0151. The van der Waals surface area contributed by atoms with E-state index in [4.69, 9.17) is 9.52 Å². The highest BCUT2D eigenvalue weighted by molar-refractivity contribution is 5.84. The zero-order valence-corrected chi connectivity index (χ0v) is 16.0. The predicted molar refractivity (Wildman–Crippen MR) is 106 cm³/mol. The zero-order chi connectivity index (χ0) is 20.8. The van der Waals surface area contributed by atoms with Crippen molar-refractivity contribution in [1.29, 1.82) is 0 Å². The van der Waals surface area contributed by atoms with Crippen molar-refractivity contribution < 1.29 is 29.3 Å². The van der Waals surface area contributed by atoms with Gasteiger partial charge in [0.15, 0.2) is 5.58 Å². The number of rotatable bonds is 9. The lowest BCUT2D eigenvalue weighted by molar-refractivity contribution is -0.137. The molecule has 1 aliphatic rings. The molecule has 1 fully saturated rings. The van der Waals surface area contributed by atoms with Crippen LogP contribution in [0.15, 0.2) is 53.0 Å². The number of nitrogens with zero attached hydrogens (tertiary/aromatic N) is 1. The molecule has 3 N–H and O–H groups in total. The maximum absolute atomic E-state index is 12.2. The predicted octanol–water partition coefficient (Wildman–Crippen LogP) is 3.18. The molecule has 3 rings (SSSR count). The quantitative estimate of drug-likeness (QED) is 0.437. The van der Waals surface area contributed by atoms with Crippen LogP contribution in [0.2, 0.25) is 0 Å². The van der Waals surface area contributed by atoms with Crippen molar-refractivity contribution in [2.75, 3.05) is 0 Å². The largest absolute Gasteiger partial charge is 0.481 e. The van der Waals surface area contributed by atoms with Crippen LogP contribution in [-0.2, 0) is 9.59 Å². The van der Waals surface area contributed by atoms with Crippen LogP contribution < -0.4 is 0 Å². The number of aliphatic hydroxyl groups excluding tert-OH is 2. The van der Waals surface area contributed by atoms with Crippen LogP contribution in [0.1, 0.15) is 44.1 Å². The van der Waals surface area contributed by atoms with E-state index in [9.17, 15) is 19.8 Å². The van der Waals surface area contributed by atoms with Crippen LogP contribution in [-0.4, -0.2) is 38.2 Å². The van der Waals surface area contributed by atoms with Crippen molar-refractivity contribution in [2.24, 2.45) is 11.8 Å². The highest BCUT2D eigenvalue weighted by Gasteiger charge is 2.39. The normalized spacial score (nSPS) is 23.5. The summed E-state index contributed by atoms with van der Waals surface area (Å²) in [5.74, 6) is -1.44. The third kappa shape index (κ3) is 5.40. The summed E-state index contributed by atoms with van der Waals surface area (Å²) in [6.45, 7) is 0. The number of hydrogen-bond donors (Lipinski definition) is 3. The highest BCUT2D eigenvalue weighted by Crippen LogP contribution is 2.34. The minimum Gasteiger partial charge on any atom is -0.481 e. The Morgan fingerprint density at radius 1 is 1.31 bits per heavy atom. The summed E-state index contributed by atoms with van der Waals surface area (Å²) in [4.78, 5) is 27.0. The number of hydrogen-bond acceptors (Lipinski definition) is 6. The van der Waals surface area contributed by atoms with Crippen molar-refractivity contribution in [3.63, 3.8) is 0 Å². The average molecular weight is 399 g/mol. The van der Waals surface area contributed by atoms with E-state index in [1.54, 1.807) is 18.2 Å². The second-order valence-corrected chi connectivity index (χ2v) is 7.26. The Morgan fingerprint density at radius 2 is 2.10 bits per heavy atom. The molecule has 1 heterocycles. The Labute approximate surface area is 168 Å². The van der Waals surface area contributed by atoms with Gasteiger partial charge in [-0.25, -0.2) is 4.98 Å². The zero-order valence-electron chi connectivity index (χ0n) is 16.0. The van der Waals surface area contributed by atoms with Gasteiger partial charge >= 0.3 is 5.97 Å². The molecule has 1 aromatic carbocycles. The van der Waals surface area contributed by atoms with Gasteiger partial charge in [-0.3, -0.25) is 9.59 Å². The molecule has 0 radical (unpaired) electrons. The summed E-state index contributed by atoms with van der Waals surface area (Å²) in [5, 5.41) is 29.2. The molecule has 0 unspecified atom stereocenters. The molecule has 0 saturated heterocycles. The van der Waals surface area contributed by atoms with Crippen molar-refractivity contribution in [2.45, 2.75) is 44.3 Å². The topological polar surface area (TPSA) is 121 Å². The number of para-hydroxylation sites is 2. The molecule has 1 aromatic heterocycles. The summed E-state index contributed by atoms with van der Waals surface area (Å²) in [7, 11) is 0. The third-order valence-corrected chi connectivity index (χ3v) is 5.13. The number of aliphatic hydroxyl groups is 2. The first kappa shape index (κ1) is 21.0. The van der Waals surface area contributed by atoms with E-state index in [0.717, 1.165) is 0 Å². The number of benzene rings is 1. The third-order valence-electron chi connectivity index (χ3n) is 5.13. The molecule has 0 aliphatic heterocycles. The molecular weight excluding hydrogens is 374 g/mol. The van der Waals surface area contributed by atoms with Gasteiger partial charge in [0, 0.05) is 24.7 Å². The van der Waals surface area contributed by atoms with E-state index in [0.29, 0.717) is 30.4 Å². The lowest BCUT2D eigenvalue weighted by atomic mass is 9.90. The first-order valence-corrected chi connectivity index (χ1v) is 9.75. The van der Waals surface area contributed by atoms with Gasteiger partial charge in [-0.15, -0.1) is 0 Å². The van der Waals surface area contributed by atoms with Crippen molar-refractivity contribution >= 4 is 22.9 Å². The second-order valence-electron chi connectivity index (χ2n) is 7.26. The Kier molecular flexibility index (Phi) is 6.95. The lowest BCUT2D eigenvalue weighted by Crippen LogP contribution is -2.18. The molecule has 0 spiro atoms. The maximum atomic E-state index is 12.2. The van der Waals surface area contributed by atoms with Gasteiger partial charge in [-0.05, 0) is 31.4 Å². The summed E-state index contributed by atoms with van der Waals surface area (Å²) in [6.07, 6.45) is 6.89. The molecule has 29 heavy (non-hydrogen) atoms. The molecule has 154 valence electrons. The standard InChI is InChI=1S/C22H25NO6/c24-17(22-23-16-8-5-6-9-20(16)29-22)12-11-15-14(18(25)13-19(15)26)7-3-1-2-4-10-21(27)28/h1,3,5-6,8-9,11-12,14-15,17,19,24,26H,2,4,7,10,13H2,(H,27,28)/b3-1-,12-11+/t14-,15-,17-,19-/m1/s1. The highest BCUT2D eigenvalue weighted by atomic mass is 16.4. The van der Waals surface area contributed by atoms with Crippen LogP contribution in [0, 0.1) is 11.8 Å². The summed E-state index contributed by atoms with van der Waals surface area (Å²) < 4.78 is 5.54. The van der Waals surface area contributed by atoms with Crippen LogP contribution in [0.25, 0.3) is 11.1 Å². The van der Waals surface area contributed by atoms with Crippen molar-refractivity contribution in [3.05, 3.63) is 54.5 Å². The number of unbranched alkanes of at least 4 members (excludes halogenated alkanes) is 1. The molecule has 7 nitrogen and oxygen atoms in total. The van der Waals surface area contributed by atoms with Gasteiger partial charge in [-0.1, -0.05) is 36.4 Å². The fraction of sp³-hybridized carbons (Fsp3) is 0.409. The summed E-state index contributed by atoms with van der Waals surface area (Å²) in [6, 6.07) is 7.20. The second kappa shape index (κ2) is 9.62. The van der Waals surface area contributed by atoms with E-state index in [1.165, 1.54) is 6.08 Å². The van der Waals surface area contributed by atoms with E-state index >= 15 is 0 Å². The van der Waals surface area contributed by atoms with Gasteiger partial charge < -0.3 is 19.7 Å². The van der Waals surface area contributed by atoms with Gasteiger partial charge in [0.25, 0.3) is 0 Å². The molecule has 7 heteroatoms. The van der Waals surface area contributed by atoms with E-state index in [1.807, 2.05) is 24.3 Å². The van der Waals surface area contributed by atoms with Crippen LogP contribution >= 0.6 is 0 Å². The van der Waals surface area contributed by atoms with Gasteiger partial charge in [0.2, 0.25) is 5.89 Å². The fourth-order valence-electron chi connectivity index (χ4n) is 3.59. The number of aliphatic carboxylic acids is 1. The number of carboxylic acid groups (broad SMARTS) is 1. The molecule has 2 aromatic rings. The minimum atomic E-state index is -1.07. The molecule has 0 amide bonds. The number of ketones is 1. The van der Waals surface area contributed by atoms with Gasteiger partial charge in [-0.2, -0.15) is 0 Å². The number of carbonyl (C=O) groups excluding carboxylic acids is 1. The maximum Gasteiger partial charge on any atom is 0.303 e. The summed E-state index contributed by atoms with van der Waals surface area (Å²) >= 11 is 0. The first-order chi connectivity index (χ1) is 14.0. The number of oxazole rings is 1. The van der Waals surface area contributed by atoms with Crippen molar-refractivity contribution in [3.8, 4) is 0 Å². The van der Waals surface area contributed by atoms with Crippen molar-refractivity contribution in [1.82, 2.24) is 4.98 Å². The first-order valence-electron chi connectivity index (χ1n) is 9.75. The van der Waals surface area contributed by atoms with E-state index in [2.05, 4.69) is 4.98 Å². The van der Waals surface area contributed by atoms with Crippen LogP contribution in [0.4, 0.5) is 0 Å². The Hall–Kier alpha value is -2.77. The van der Waals surface area contributed by atoms with Crippen LogP contribution in [0.3, 0.4) is 0 Å². The smallest absolute Gasteiger partial charge is 0.303 e. The fourth-order valence-corrected chi connectivity index (χ4v) is 3.59. The molecule has 1 aliphatic carbocycles. The monoisotopic (exact) mass is 399 g/mol. The Morgan fingerprint density at radius 3 is 2.86 bits per heavy atom. The lowest BCUT2D eigenvalue weighted by Gasteiger charge is -2.16. The Balaban J connectivity index is 1.61. The number of aromatic nitrogens is 1. The average Bonchev–Trinajstić information content (AvgIpc) is 3.23. The number of allylic oxidation sites excluding steroid dienone is 2. The number of carboxylic acids is 1. The number of carbonyl (C=O) groups is 2. The van der Waals surface area contributed by atoms with Gasteiger partial charge in [0.1, 0.15) is 17.4 Å². The summed E-state index contributed by atoms with van der Waals surface area (Å²) in [5.41, 5.74) is 1.23. The van der Waals surface area contributed by atoms with Gasteiger partial charge in [0.05, 0.1) is 6.10 Å². The van der Waals surface area contributed by atoms with E-state index in [-0.39, 0.29) is 30.4 Å². The molecular formula is C22H25NO6. The SMILES string of the molecule is O=C(O)CCC/C=C\C[C@H]1C(=O)C[C@@H](O)[C@@H]1/C=C/[C@@H](O)c1nc2ccccc2o1. The molecule has 0 bridgehead atoms. The Bertz CT molecular complexity index is 882.